The summed E-state index contributed by atoms with van der Waals surface area (Å²) in [5.41, 5.74) is 3.81. The number of thioether (sulfide) groups is 1. The van der Waals surface area contributed by atoms with Crippen LogP contribution in [0.3, 0.4) is 0 Å². The van der Waals surface area contributed by atoms with E-state index in [1.165, 1.54) is 6.07 Å². The van der Waals surface area contributed by atoms with E-state index in [4.69, 9.17) is 9.97 Å². The van der Waals surface area contributed by atoms with E-state index in [0.29, 0.717) is 22.9 Å². The summed E-state index contributed by atoms with van der Waals surface area (Å²) in [5.74, 6) is 1.39. The van der Waals surface area contributed by atoms with Crippen LogP contribution in [0.25, 0.3) is 22.6 Å². The number of hydrogen-bond donors (Lipinski definition) is 1. The largest absolute Gasteiger partial charge is 0.324 e. The number of nitrogens with zero attached hydrogens (tertiary/aromatic N) is 5. The maximum absolute atomic E-state index is 11.3. The van der Waals surface area contributed by atoms with E-state index < -0.39 is 4.92 Å². The molecule has 8 nitrogen and oxygen atoms in total. The van der Waals surface area contributed by atoms with Crippen LogP contribution < -0.4 is 5.32 Å². The van der Waals surface area contributed by atoms with Gasteiger partial charge in [-0.1, -0.05) is 39.8 Å². The van der Waals surface area contributed by atoms with Crippen molar-refractivity contribution in [1.29, 1.82) is 0 Å². The minimum absolute atomic E-state index is 0.0320. The number of fused-ring (bicyclic) bond motifs is 1. The number of nitro groups is 1. The molecule has 0 saturated carbocycles. The van der Waals surface area contributed by atoms with Gasteiger partial charge in [0, 0.05) is 46.4 Å². The van der Waals surface area contributed by atoms with Crippen LogP contribution in [0.5, 0.6) is 0 Å². The fraction of sp³-hybridized carbons (Fsp3) is 0.0952. The number of imidazole rings is 1. The van der Waals surface area contributed by atoms with Crippen molar-refractivity contribution in [2.45, 2.75) is 11.7 Å². The lowest BCUT2D eigenvalue weighted by molar-refractivity contribution is -0.384. The van der Waals surface area contributed by atoms with Crippen LogP contribution in [0.15, 0.2) is 70.4 Å². The highest BCUT2D eigenvalue weighted by atomic mass is 79.9. The molecule has 1 aliphatic rings. The maximum atomic E-state index is 11.3. The minimum Gasteiger partial charge on any atom is -0.324 e. The van der Waals surface area contributed by atoms with Gasteiger partial charge in [-0.3, -0.25) is 10.1 Å². The Bertz CT molecular complexity index is 1290. The molecule has 1 N–H and O–H groups in total. The second kappa shape index (κ2) is 8.12. The Labute approximate surface area is 190 Å². The predicted octanol–water partition coefficient (Wildman–Crippen LogP) is 5.53. The summed E-state index contributed by atoms with van der Waals surface area (Å²) >= 11 is 5.09. The maximum Gasteiger partial charge on any atom is 0.270 e. The first-order valence-corrected chi connectivity index (χ1v) is 11.2. The van der Waals surface area contributed by atoms with E-state index in [9.17, 15) is 10.1 Å². The zero-order valence-electron chi connectivity index (χ0n) is 16.0. The van der Waals surface area contributed by atoms with Crippen LogP contribution in [0, 0.1) is 10.1 Å². The van der Waals surface area contributed by atoms with E-state index in [1.54, 1.807) is 30.1 Å². The highest BCUT2D eigenvalue weighted by Gasteiger charge is 2.25. The average Bonchev–Trinajstić information content (AvgIpc) is 3.37. The molecular formula is C21H15BrN6O2S. The second-order valence-electron chi connectivity index (χ2n) is 6.80. The van der Waals surface area contributed by atoms with Crippen molar-refractivity contribution < 1.29 is 4.92 Å². The molecule has 2 aromatic heterocycles. The highest BCUT2D eigenvalue weighted by molar-refractivity contribution is 9.10. The molecule has 0 atom stereocenters. The first-order valence-electron chi connectivity index (χ1n) is 9.42. The van der Waals surface area contributed by atoms with Gasteiger partial charge in [-0.25, -0.2) is 15.0 Å². The third kappa shape index (κ3) is 3.91. The van der Waals surface area contributed by atoms with E-state index in [-0.39, 0.29) is 5.69 Å². The molecule has 154 valence electrons. The Hall–Kier alpha value is -3.24. The summed E-state index contributed by atoms with van der Waals surface area (Å²) in [6, 6.07) is 16.1. The topological polar surface area (TPSA) is 98.8 Å². The predicted molar refractivity (Wildman–Crippen MR) is 123 cm³/mol. The van der Waals surface area contributed by atoms with E-state index in [1.807, 2.05) is 36.4 Å². The van der Waals surface area contributed by atoms with Gasteiger partial charge in [-0.05, 0) is 30.3 Å². The zero-order valence-corrected chi connectivity index (χ0v) is 18.4. The van der Waals surface area contributed by atoms with Crippen LogP contribution in [0.4, 0.5) is 17.3 Å². The quantitative estimate of drug-likeness (QED) is 0.287. The van der Waals surface area contributed by atoms with Crippen molar-refractivity contribution in [1.82, 2.24) is 19.5 Å². The summed E-state index contributed by atoms with van der Waals surface area (Å²) in [6.45, 7) is 0.802. The van der Waals surface area contributed by atoms with Gasteiger partial charge in [0.25, 0.3) is 5.69 Å². The van der Waals surface area contributed by atoms with Crippen molar-refractivity contribution in [2.75, 3.05) is 11.1 Å². The molecule has 0 bridgehead atoms. The molecule has 31 heavy (non-hydrogen) atoms. The van der Waals surface area contributed by atoms with Gasteiger partial charge < -0.3 is 9.88 Å². The lowest BCUT2D eigenvalue weighted by atomic mass is 10.1. The van der Waals surface area contributed by atoms with Crippen molar-refractivity contribution in [2.24, 2.45) is 0 Å². The van der Waals surface area contributed by atoms with Crippen LogP contribution >= 0.6 is 27.7 Å². The zero-order chi connectivity index (χ0) is 21.4. The molecule has 5 rings (SSSR count). The van der Waals surface area contributed by atoms with Gasteiger partial charge >= 0.3 is 0 Å². The van der Waals surface area contributed by atoms with E-state index >= 15 is 0 Å². The number of hydrogen-bond acceptors (Lipinski definition) is 7. The molecule has 10 heteroatoms. The summed E-state index contributed by atoms with van der Waals surface area (Å²) in [4.78, 5) is 24.7. The fourth-order valence-corrected chi connectivity index (χ4v) is 4.63. The van der Waals surface area contributed by atoms with Crippen LogP contribution in [0.1, 0.15) is 0 Å². The lowest BCUT2D eigenvalue weighted by Gasteiger charge is -2.10. The Morgan fingerprint density at radius 3 is 2.77 bits per heavy atom. The molecule has 1 aliphatic heterocycles. The number of halogens is 1. The number of rotatable bonds is 5. The molecule has 2 aromatic carbocycles. The number of non-ortho nitro benzene ring substituents is 1. The Morgan fingerprint density at radius 1 is 1.13 bits per heavy atom. The molecule has 0 aliphatic carbocycles. The lowest BCUT2D eigenvalue weighted by Crippen LogP contribution is -2.02. The van der Waals surface area contributed by atoms with Crippen molar-refractivity contribution >= 4 is 45.0 Å². The van der Waals surface area contributed by atoms with Crippen molar-refractivity contribution in [3.8, 4) is 22.6 Å². The number of nitrogens with one attached hydrogen (secondary N) is 1. The van der Waals surface area contributed by atoms with Gasteiger partial charge in [0.1, 0.15) is 0 Å². The normalized spacial score (nSPS) is 12.5. The molecule has 0 radical (unpaired) electrons. The molecule has 0 spiro atoms. The fourth-order valence-electron chi connectivity index (χ4n) is 3.42. The smallest absolute Gasteiger partial charge is 0.270 e. The summed E-state index contributed by atoms with van der Waals surface area (Å²) in [7, 11) is 0. The Morgan fingerprint density at radius 2 is 1.97 bits per heavy atom. The first-order chi connectivity index (χ1) is 15.1. The summed E-state index contributed by atoms with van der Waals surface area (Å²) in [6.07, 6.45) is 1.70. The second-order valence-corrected chi connectivity index (χ2v) is 8.77. The number of nitro benzene ring substituents is 1. The first kappa shape index (κ1) is 19.7. The van der Waals surface area contributed by atoms with Gasteiger partial charge in [-0.2, -0.15) is 0 Å². The molecular weight excluding hydrogens is 480 g/mol. The Balaban J connectivity index is 1.58. The van der Waals surface area contributed by atoms with E-state index in [0.717, 1.165) is 33.3 Å². The van der Waals surface area contributed by atoms with Crippen LogP contribution in [-0.2, 0) is 6.54 Å². The molecule has 0 saturated heterocycles. The SMILES string of the molecule is O=[N+]([O-])c1cccc(-c2nc3n(c2-c2ccnc(Nc4ccc(Br)cc4)n2)CCS3)c1. The van der Waals surface area contributed by atoms with Gasteiger partial charge in [-0.15, -0.1) is 0 Å². The van der Waals surface area contributed by atoms with E-state index in [2.05, 4.69) is 30.8 Å². The molecule has 0 unspecified atom stereocenters. The molecule has 3 heterocycles. The number of anilines is 2. The van der Waals surface area contributed by atoms with Crippen LogP contribution in [0.2, 0.25) is 0 Å². The number of benzene rings is 2. The van der Waals surface area contributed by atoms with Gasteiger partial charge in [0.15, 0.2) is 5.16 Å². The van der Waals surface area contributed by atoms with Gasteiger partial charge in [0.05, 0.1) is 22.0 Å². The third-order valence-electron chi connectivity index (χ3n) is 4.81. The Kier molecular flexibility index (Phi) is 5.16. The van der Waals surface area contributed by atoms with Crippen molar-refractivity contribution in [3.05, 3.63) is 75.4 Å². The average molecular weight is 495 g/mol. The highest BCUT2D eigenvalue weighted by Crippen LogP contribution is 2.39. The molecule has 4 aromatic rings. The molecule has 0 amide bonds. The monoisotopic (exact) mass is 494 g/mol. The summed E-state index contributed by atoms with van der Waals surface area (Å²) < 4.78 is 3.10. The third-order valence-corrected chi connectivity index (χ3v) is 6.29. The summed E-state index contributed by atoms with van der Waals surface area (Å²) in [5, 5.41) is 15.4. The standard InChI is InChI=1S/C21H15BrN6O2S/c22-14-4-6-15(7-5-14)24-20-23-9-8-17(25-20)19-18(26-21-27(19)10-11-31-21)13-2-1-3-16(12-13)28(29)30/h1-9,12H,10-11H2,(H,23,24,25). The van der Waals surface area contributed by atoms with Crippen molar-refractivity contribution in [3.63, 3.8) is 0 Å². The number of aromatic nitrogens is 4. The van der Waals surface area contributed by atoms with Crippen LogP contribution in [-0.4, -0.2) is 30.2 Å². The van der Waals surface area contributed by atoms with Gasteiger partial charge in [0.2, 0.25) is 5.95 Å². The minimum atomic E-state index is -0.396. The molecule has 0 fully saturated rings.